The molecule has 1 aromatic heterocycles. The van der Waals surface area contributed by atoms with Crippen LogP contribution in [0.4, 0.5) is 0 Å². The van der Waals surface area contributed by atoms with Crippen LogP contribution in [-0.2, 0) is 5.75 Å². The molecule has 5 rings (SSSR count). The van der Waals surface area contributed by atoms with Gasteiger partial charge in [0.2, 0.25) is 6.79 Å². The van der Waals surface area contributed by atoms with E-state index in [1.807, 2.05) is 66.7 Å². The van der Waals surface area contributed by atoms with Gasteiger partial charge in [0.05, 0.1) is 7.11 Å². The number of para-hydroxylation sites is 2. The Balaban J connectivity index is 1.53. The first-order valence-electron chi connectivity index (χ1n) is 9.49. The summed E-state index contributed by atoms with van der Waals surface area (Å²) in [4.78, 5) is 0. The smallest absolute Gasteiger partial charge is 0.231 e. The average Bonchev–Trinajstić information content (AvgIpc) is 3.44. The van der Waals surface area contributed by atoms with E-state index in [-0.39, 0.29) is 6.79 Å². The third-order valence-electron chi connectivity index (χ3n) is 4.83. The van der Waals surface area contributed by atoms with E-state index in [1.54, 1.807) is 18.9 Å². The summed E-state index contributed by atoms with van der Waals surface area (Å²) >= 11 is 1.62. The Labute approximate surface area is 178 Å². The minimum Gasteiger partial charge on any atom is -0.496 e. The van der Waals surface area contributed by atoms with E-state index in [4.69, 9.17) is 14.2 Å². The lowest BCUT2D eigenvalue weighted by molar-refractivity contribution is 0.174. The summed E-state index contributed by atoms with van der Waals surface area (Å²) in [5, 5.41) is 9.81. The quantitative estimate of drug-likeness (QED) is 0.413. The molecule has 1 aliphatic rings. The Hall–Kier alpha value is -3.45. The van der Waals surface area contributed by atoms with Crippen LogP contribution >= 0.6 is 11.8 Å². The fourth-order valence-electron chi connectivity index (χ4n) is 3.36. The zero-order chi connectivity index (χ0) is 20.3. The molecule has 7 heteroatoms. The molecule has 0 atom stereocenters. The number of rotatable bonds is 6. The second-order valence-corrected chi connectivity index (χ2v) is 7.59. The molecule has 0 saturated carbocycles. The third-order valence-corrected chi connectivity index (χ3v) is 5.81. The molecular weight excluding hydrogens is 398 g/mol. The molecule has 30 heavy (non-hydrogen) atoms. The van der Waals surface area contributed by atoms with Gasteiger partial charge in [-0.3, -0.25) is 4.57 Å². The minimum atomic E-state index is 0.240. The lowest BCUT2D eigenvalue weighted by Gasteiger charge is -2.11. The number of benzene rings is 3. The molecule has 0 amide bonds. The van der Waals surface area contributed by atoms with Crippen LogP contribution in [0.5, 0.6) is 17.2 Å². The Morgan fingerprint density at radius 1 is 0.933 bits per heavy atom. The minimum absolute atomic E-state index is 0.240. The van der Waals surface area contributed by atoms with Crippen molar-refractivity contribution in [3.05, 3.63) is 78.4 Å². The number of thioether (sulfide) groups is 1. The third kappa shape index (κ3) is 3.48. The number of fused-ring (bicyclic) bond motifs is 1. The molecule has 0 spiro atoms. The number of methoxy groups -OCH3 is 1. The first-order valence-corrected chi connectivity index (χ1v) is 10.5. The van der Waals surface area contributed by atoms with Gasteiger partial charge in [-0.25, -0.2) is 0 Å². The van der Waals surface area contributed by atoms with Crippen LogP contribution in [0.2, 0.25) is 0 Å². The van der Waals surface area contributed by atoms with Crippen LogP contribution < -0.4 is 14.2 Å². The lowest BCUT2D eigenvalue weighted by Crippen LogP contribution is -2.00. The Bertz CT molecular complexity index is 1180. The molecule has 1 aliphatic heterocycles. The number of ether oxygens (including phenoxy) is 3. The van der Waals surface area contributed by atoms with Gasteiger partial charge in [-0.2, -0.15) is 0 Å². The van der Waals surface area contributed by atoms with Crippen molar-refractivity contribution in [2.75, 3.05) is 13.9 Å². The summed E-state index contributed by atoms with van der Waals surface area (Å²) in [6.45, 7) is 0.240. The monoisotopic (exact) mass is 417 g/mol. The molecule has 4 aromatic rings. The summed E-state index contributed by atoms with van der Waals surface area (Å²) < 4.78 is 18.5. The van der Waals surface area contributed by atoms with Crippen LogP contribution in [0.25, 0.3) is 17.1 Å². The predicted octanol–water partition coefficient (Wildman–Crippen LogP) is 4.96. The van der Waals surface area contributed by atoms with Gasteiger partial charge in [-0.15, -0.1) is 10.2 Å². The van der Waals surface area contributed by atoms with Crippen LogP contribution in [0, 0.1) is 0 Å². The van der Waals surface area contributed by atoms with Gasteiger partial charge in [-0.1, -0.05) is 48.2 Å². The van der Waals surface area contributed by atoms with E-state index in [2.05, 4.69) is 20.8 Å². The maximum absolute atomic E-state index is 5.55. The number of hydrogen-bond acceptors (Lipinski definition) is 6. The van der Waals surface area contributed by atoms with Gasteiger partial charge in [-0.05, 0) is 36.4 Å². The Morgan fingerprint density at radius 2 is 1.73 bits per heavy atom. The first kappa shape index (κ1) is 18.6. The Morgan fingerprint density at radius 3 is 2.60 bits per heavy atom. The van der Waals surface area contributed by atoms with E-state index >= 15 is 0 Å². The van der Waals surface area contributed by atoms with Gasteiger partial charge >= 0.3 is 0 Å². The van der Waals surface area contributed by atoms with Gasteiger partial charge in [0.15, 0.2) is 22.5 Å². The van der Waals surface area contributed by atoms with Crippen molar-refractivity contribution in [1.29, 1.82) is 0 Å². The molecule has 0 unspecified atom stereocenters. The van der Waals surface area contributed by atoms with Gasteiger partial charge in [0.1, 0.15) is 5.75 Å². The molecule has 0 bridgehead atoms. The highest BCUT2D eigenvalue weighted by atomic mass is 32.2. The van der Waals surface area contributed by atoms with Crippen LogP contribution in [0.15, 0.2) is 78.0 Å². The summed E-state index contributed by atoms with van der Waals surface area (Å²) in [5.74, 6) is 3.80. The molecule has 2 heterocycles. The zero-order valence-electron chi connectivity index (χ0n) is 16.3. The second kappa shape index (κ2) is 8.12. The molecule has 0 N–H and O–H groups in total. The highest BCUT2D eigenvalue weighted by Gasteiger charge is 2.20. The topological polar surface area (TPSA) is 58.4 Å². The van der Waals surface area contributed by atoms with E-state index in [1.165, 1.54) is 0 Å². The van der Waals surface area contributed by atoms with Crippen molar-refractivity contribution in [2.45, 2.75) is 10.9 Å². The lowest BCUT2D eigenvalue weighted by atomic mass is 10.2. The molecular formula is C23H19N3O3S. The SMILES string of the molecule is COc1ccccc1CSc1nnc(-c2ccc3c(c2)OCO3)n1-c1ccccc1. The van der Waals surface area contributed by atoms with Crippen molar-refractivity contribution in [3.63, 3.8) is 0 Å². The van der Waals surface area contributed by atoms with E-state index in [0.29, 0.717) is 0 Å². The molecule has 0 radical (unpaired) electrons. The number of hydrogen-bond donors (Lipinski definition) is 0. The molecule has 0 saturated heterocycles. The molecule has 6 nitrogen and oxygen atoms in total. The van der Waals surface area contributed by atoms with E-state index in [9.17, 15) is 0 Å². The zero-order valence-corrected chi connectivity index (χ0v) is 17.1. The highest BCUT2D eigenvalue weighted by Crippen LogP contribution is 2.37. The van der Waals surface area contributed by atoms with Crippen LogP contribution in [0.3, 0.4) is 0 Å². The van der Waals surface area contributed by atoms with Crippen LogP contribution in [-0.4, -0.2) is 28.7 Å². The average molecular weight is 417 g/mol. The van der Waals surface area contributed by atoms with Crippen molar-refractivity contribution < 1.29 is 14.2 Å². The van der Waals surface area contributed by atoms with E-state index < -0.39 is 0 Å². The highest BCUT2D eigenvalue weighted by molar-refractivity contribution is 7.98. The van der Waals surface area contributed by atoms with Gasteiger partial charge in [0, 0.05) is 22.6 Å². The van der Waals surface area contributed by atoms with Gasteiger partial charge in [0.25, 0.3) is 0 Å². The summed E-state index contributed by atoms with van der Waals surface area (Å²) in [6, 6.07) is 23.9. The summed E-state index contributed by atoms with van der Waals surface area (Å²) in [6.07, 6.45) is 0. The maximum Gasteiger partial charge on any atom is 0.231 e. The van der Waals surface area contributed by atoms with E-state index in [0.717, 1.165) is 50.8 Å². The maximum atomic E-state index is 5.55. The standard InChI is InChI=1S/C23H19N3O3S/c1-27-19-10-6-5-7-17(19)14-30-23-25-24-22(26(23)18-8-3-2-4-9-18)16-11-12-20-21(13-16)29-15-28-20/h2-13H,14-15H2,1H3. The number of aromatic nitrogens is 3. The fourth-order valence-corrected chi connectivity index (χ4v) is 4.30. The predicted molar refractivity (Wildman–Crippen MR) is 115 cm³/mol. The number of nitrogens with zero attached hydrogens (tertiary/aromatic N) is 3. The molecule has 3 aromatic carbocycles. The van der Waals surface area contributed by atoms with Crippen molar-refractivity contribution in [1.82, 2.24) is 14.8 Å². The normalized spacial score (nSPS) is 12.2. The molecule has 0 aliphatic carbocycles. The van der Waals surface area contributed by atoms with Crippen molar-refractivity contribution >= 4 is 11.8 Å². The van der Waals surface area contributed by atoms with Crippen LogP contribution in [0.1, 0.15) is 5.56 Å². The molecule has 150 valence electrons. The fraction of sp³-hybridized carbons (Fsp3) is 0.130. The summed E-state index contributed by atoms with van der Waals surface area (Å²) in [5.41, 5.74) is 3.02. The first-order chi connectivity index (χ1) is 14.8. The van der Waals surface area contributed by atoms with Gasteiger partial charge < -0.3 is 14.2 Å². The van der Waals surface area contributed by atoms with Crippen molar-refractivity contribution in [2.24, 2.45) is 0 Å². The Kier molecular flexibility index (Phi) is 5.03. The van der Waals surface area contributed by atoms with Crippen molar-refractivity contribution in [3.8, 4) is 34.3 Å². The molecule has 0 fully saturated rings. The largest absolute Gasteiger partial charge is 0.496 e. The summed E-state index contributed by atoms with van der Waals surface area (Å²) in [7, 11) is 1.69. The second-order valence-electron chi connectivity index (χ2n) is 6.65.